The van der Waals surface area contributed by atoms with E-state index in [-0.39, 0.29) is 18.7 Å². The van der Waals surface area contributed by atoms with Crippen molar-refractivity contribution in [3.8, 4) is 22.9 Å². The summed E-state index contributed by atoms with van der Waals surface area (Å²) in [5, 5.41) is 8.41. The fraction of sp³-hybridized carbons (Fsp3) is 0.607. The number of benzene rings is 1. The molecule has 0 amide bonds. The number of carbonyl (C=O) groups excluding carboxylic acids is 1. The zero-order valence-corrected chi connectivity index (χ0v) is 21.3. The Morgan fingerprint density at radius 1 is 0.794 bits per heavy atom. The monoisotopic (exact) mass is 470 g/mol. The van der Waals surface area contributed by atoms with Gasteiger partial charge in [0.05, 0.1) is 12.3 Å². The van der Waals surface area contributed by atoms with E-state index in [9.17, 15) is 4.79 Å². The first-order valence-electron chi connectivity index (χ1n) is 13.0. The number of hydrogen-bond acceptors (Lipinski definition) is 6. The van der Waals surface area contributed by atoms with Crippen LogP contribution in [0.3, 0.4) is 0 Å². The second kappa shape index (κ2) is 16.9. The Bertz CT molecular complexity index is 793. The molecular formula is C28H42N2O4. The Morgan fingerprint density at radius 2 is 1.47 bits per heavy atom. The summed E-state index contributed by atoms with van der Waals surface area (Å²) in [6.07, 6.45) is 11.9. The molecule has 1 aromatic heterocycles. The topological polar surface area (TPSA) is 70.5 Å². The molecule has 6 heteroatoms. The molecule has 1 aromatic carbocycles. The van der Waals surface area contributed by atoms with Crippen molar-refractivity contribution in [1.82, 2.24) is 10.2 Å². The van der Waals surface area contributed by atoms with E-state index in [2.05, 4.69) is 24.0 Å². The van der Waals surface area contributed by atoms with Crippen molar-refractivity contribution in [1.29, 1.82) is 0 Å². The SMILES string of the molecule is CCCCCCCCOc1ccc(-c2ccc(OCC(C)OC(=O)CCCCCC)nn2)cc1. The number of hydrogen-bond donors (Lipinski definition) is 0. The molecule has 0 saturated carbocycles. The summed E-state index contributed by atoms with van der Waals surface area (Å²) in [6, 6.07) is 11.6. The Hall–Kier alpha value is -2.63. The van der Waals surface area contributed by atoms with Gasteiger partial charge in [0.25, 0.3) is 0 Å². The van der Waals surface area contributed by atoms with Gasteiger partial charge in [-0.2, -0.15) is 0 Å². The largest absolute Gasteiger partial charge is 0.494 e. The number of carbonyl (C=O) groups is 1. The molecule has 34 heavy (non-hydrogen) atoms. The first kappa shape index (κ1) is 27.6. The van der Waals surface area contributed by atoms with Gasteiger partial charge in [-0.05, 0) is 50.1 Å². The van der Waals surface area contributed by atoms with Crippen LogP contribution >= 0.6 is 0 Å². The molecule has 0 aliphatic heterocycles. The van der Waals surface area contributed by atoms with Gasteiger partial charge in [0.1, 0.15) is 18.5 Å². The van der Waals surface area contributed by atoms with Gasteiger partial charge in [-0.1, -0.05) is 65.2 Å². The second-order valence-electron chi connectivity index (χ2n) is 8.82. The first-order chi connectivity index (χ1) is 16.6. The summed E-state index contributed by atoms with van der Waals surface area (Å²) in [5.74, 6) is 1.11. The average molecular weight is 471 g/mol. The number of esters is 1. The minimum atomic E-state index is -0.330. The van der Waals surface area contributed by atoms with E-state index >= 15 is 0 Å². The lowest BCUT2D eigenvalue weighted by atomic mass is 10.1. The van der Waals surface area contributed by atoms with Crippen LogP contribution in [0.2, 0.25) is 0 Å². The molecule has 2 aromatic rings. The molecule has 0 aliphatic carbocycles. The maximum atomic E-state index is 11.9. The van der Waals surface area contributed by atoms with Crippen molar-refractivity contribution in [2.24, 2.45) is 0 Å². The molecular weight excluding hydrogens is 428 g/mol. The quantitative estimate of drug-likeness (QED) is 0.170. The predicted octanol–water partition coefficient (Wildman–Crippen LogP) is 7.16. The van der Waals surface area contributed by atoms with Crippen LogP contribution in [0.4, 0.5) is 0 Å². The fourth-order valence-corrected chi connectivity index (χ4v) is 3.56. The van der Waals surface area contributed by atoms with Crippen molar-refractivity contribution >= 4 is 5.97 Å². The van der Waals surface area contributed by atoms with Gasteiger partial charge in [-0.15, -0.1) is 10.2 Å². The third-order valence-electron chi connectivity index (χ3n) is 5.59. The average Bonchev–Trinajstić information content (AvgIpc) is 2.85. The van der Waals surface area contributed by atoms with Gasteiger partial charge in [0.15, 0.2) is 0 Å². The molecule has 1 heterocycles. The molecule has 0 aliphatic rings. The number of unbranched alkanes of at least 4 members (excludes halogenated alkanes) is 8. The molecule has 188 valence electrons. The van der Waals surface area contributed by atoms with Gasteiger partial charge in [-0.25, -0.2) is 0 Å². The molecule has 0 bridgehead atoms. The van der Waals surface area contributed by atoms with E-state index in [1.807, 2.05) is 37.3 Å². The molecule has 1 unspecified atom stereocenters. The van der Waals surface area contributed by atoms with Crippen molar-refractivity contribution in [2.45, 2.75) is 97.5 Å². The minimum absolute atomic E-state index is 0.173. The minimum Gasteiger partial charge on any atom is -0.494 e. The molecule has 1 atom stereocenters. The summed E-state index contributed by atoms with van der Waals surface area (Å²) in [5.41, 5.74) is 1.73. The second-order valence-corrected chi connectivity index (χ2v) is 8.82. The summed E-state index contributed by atoms with van der Waals surface area (Å²) in [6.45, 7) is 7.21. The van der Waals surface area contributed by atoms with Crippen LogP contribution in [-0.4, -0.2) is 35.5 Å². The van der Waals surface area contributed by atoms with E-state index in [1.165, 1.54) is 32.1 Å². The smallest absolute Gasteiger partial charge is 0.306 e. The Kier molecular flexibility index (Phi) is 13.7. The zero-order chi connectivity index (χ0) is 24.4. The van der Waals surface area contributed by atoms with Crippen LogP contribution in [0.25, 0.3) is 11.3 Å². The van der Waals surface area contributed by atoms with Crippen LogP contribution in [0.1, 0.15) is 91.4 Å². The van der Waals surface area contributed by atoms with Crippen LogP contribution in [0.5, 0.6) is 11.6 Å². The highest BCUT2D eigenvalue weighted by Crippen LogP contribution is 2.21. The Labute approximate surface area is 205 Å². The van der Waals surface area contributed by atoms with Gasteiger partial charge in [0.2, 0.25) is 5.88 Å². The van der Waals surface area contributed by atoms with Crippen molar-refractivity contribution < 1.29 is 19.0 Å². The first-order valence-corrected chi connectivity index (χ1v) is 13.0. The lowest BCUT2D eigenvalue weighted by Gasteiger charge is -2.14. The van der Waals surface area contributed by atoms with Crippen molar-refractivity contribution in [3.63, 3.8) is 0 Å². The highest BCUT2D eigenvalue weighted by Gasteiger charge is 2.11. The van der Waals surface area contributed by atoms with Gasteiger partial charge in [-0.3, -0.25) is 4.79 Å². The molecule has 0 spiro atoms. The predicted molar refractivity (Wildman–Crippen MR) is 136 cm³/mol. The van der Waals surface area contributed by atoms with Gasteiger partial charge in [0, 0.05) is 18.1 Å². The Balaban J connectivity index is 1.69. The van der Waals surface area contributed by atoms with E-state index in [0.717, 1.165) is 55.7 Å². The highest BCUT2D eigenvalue weighted by atomic mass is 16.6. The fourth-order valence-electron chi connectivity index (χ4n) is 3.56. The van der Waals surface area contributed by atoms with E-state index in [1.54, 1.807) is 6.07 Å². The normalized spacial score (nSPS) is 11.7. The van der Waals surface area contributed by atoms with E-state index < -0.39 is 0 Å². The van der Waals surface area contributed by atoms with Crippen LogP contribution in [0, 0.1) is 0 Å². The molecule has 0 radical (unpaired) electrons. The zero-order valence-electron chi connectivity index (χ0n) is 21.3. The van der Waals surface area contributed by atoms with Crippen LogP contribution in [0.15, 0.2) is 36.4 Å². The van der Waals surface area contributed by atoms with E-state index in [0.29, 0.717) is 12.3 Å². The maximum Gasteiger partial charge on any atom is 0.306 e. The molecule has 0 N–H and O–H groups in total. The van der Waals surface area contributed by atoms with Crippen molar-refractivity contribution in [3.05, 3.63) is 36.4 Å². The standard InChI is InChI=1S/C28H42N2O4/c1-4-6-8-10-11-13-21-32-25-17-15-24(16-18-25)26-19-20-27(30-29-26)33-22-23(3)34-28(31)14-12-9-7-5-2/h15-20,23H,4-14,21-22H2,1-3H3. The summed E-state index contributed by atoms with van der Waals surface area (Å²) in [7, 11) is 0. The number of ether oxygens (including phenoxy) is 3. The van der Waals surface area contributed by atoms with Crippen LogP contribution in [-0.2, 0) is 9.53 Å². The summed E-state index contributed by atoms with van der Waals surface area (Å²) < 4.78 is 16.9. The maximum absolute atomic E-state index is 11.9. The third-order valence-corrected chi connectivity index (χ3v) is 5.59. The molecule has 6 nitrogen and oxygen atoms in total. The van der Waals surface area contributed by atoms with Crippen molar-refractivity contribution in [2.75, 3.05) is 13.2 Å². The lowest BCUT2D eigenvalue weighted by molar-refractivity contribution is -0.149. The van der Waals surface area contributed by atoms with Gasteiger partial charge < -0.3 is 14.2 Å². The summed E-state index contributed by atoms with van der Waals surface area (Å²) in [4.78, 5) is 11.9. The highest BCUT2D eigenvalue weighted by molar-refractivity contribution is 5.69. The van der Waals surface area contributed by atoms with Gasteiger partial charge >= 0.3 is 5.97 Å². The number of aromatic nitrogens is 2. The number of rotatable bonds is 18. The van der Waals surface area contributed by atoms with E-state index in [4.69, 9.17) is 14.2 Å². The summed E-state index contributed by atoms with van der Waals surface area (Å²) >= 11 is 0. The molecule has 0 saturated heterocycles. The Morgan fingerprint density at radius 3 is 2.15 bits per heavy atom. The third kappa shape index (κ3) is 11.5. The number of nitrogens with zero attached hydrogens (tertiary/aromatic N) is 2. The lowest BCUT2D eigenvalue weighted by Crippen LogP contribution is -2.22. The van der Waals surface area contributed by atoms with Crippen LogP contribution < -0.4 is 9.47 Å². The molecule has 0 fully saturated rings. The molecule has 2 rings (SSSR count).